The smallest absolute Gasteiger partial charge is 0.417 e. The number of carbonyl (C=O) groups excluding carboxylic acids is 2. The number of rotatable bonds is 9. The Morgan fingerprint density at radius 3 is 1.61 bits per heavy atom. The molecule has 360 valence electrons. The summed E-state index contributed by atoms with van der Waals surface area (Å²) < 4.78 is 22.5. The number of nitrogens with zero attached hydrogens (tertiary/aromatic N) is 4. The summed E-state index contributed by atoms with van der Waals surface area (Å²) in [6, 6.07) is 30.4. The SMILES string of the molecule is Cc1cc2c(c(N)c1-c1ccnc(OC3CCN(C)CC3)c1)CCC2.Cc1cc2c(c(NC(=O)Oc3ccccc3)c1-c1ccnc(OC3CCN(C)CC3)c1)CCC2.O=C(Cl)Oc1ccccc1. The van der Waals surface area contributed by atoms with Gasteiger partial charge in [0.15, 0.2) is 0 Å². The van der Waals surface area contributed by atoms with Crippen molar-refractivity contribution in [2.75, 3.05) is 51.3 Å². The number of piperidine rings is 2. The summed E-state index contributed by atoms with van der Waals surface area (Å²) in [5, 5.41) is 3.08. The van der Waals surface area contributed by atoms with E-state index in [1.807, 2.05) is 48.7 Å². The van der Waals surface area contributed by atoms with Crippen LogP contribution in [-0.4, -0.2) is 83.8 Å². The topological polar surface area (TPSA) is 141 Å². The highest BCUT2D eigenvalue weighted by Crippen LogP contribution is 2.42. The van der Waals surface area contributed by atoms with Crippen molar-refractivity contribution in [2.45, 2.75) is 90.3 Å². The van der Waals surface area contributed by atoms with Gasteiger partial charge in [0.1, 0.15) is 23.7 Å². The fourth-order valence-corrected chi connectivity index (χ4v) is 9.92. The van der Waals surface area contributed by atoms with Gasteiger partial charge in [0.25, 0.3) is 0 Å². The van der Waals surface area contributed by atoms with E-state index in [9.17, 15) is 9.59 Å². The summed E-state index contributed by atoms with van der Waals surface area (Å²) >= 11 is 4.95. The Kier molecular flexibility index (Phi) is 16.5. The molecule has 6 aromatic rings. The van der Waals surface area contributed by atoms with Crippen LogP contribution in [0.4, 0.5) is 21.0 Å². The molecule has 0 bridgehead atoms. The largest absolute Gasteiger partial charge is 0.474 e. The number of pyridine rings is 2. The maximum atomic E-state index is 12.9. The van der Waals surface area contributed by atoms with Crippen LogP contribution >= 0.6 is 11.6 Å². The zero-order valence-corrected chi connectivity index (χ0v) is 40.9. The highest BCUT2D eigenvalue weighted by Gasteiger charge is 2.25. The molecule has 0 atom stereocenters. The molecule has 4 aliphatic rings. The Morgan fingerprint density at radius 2 is 1.09 bits per heavy atom. The maximum Gasteiger partial charge on any atom is 0.417 e. The van der Waals surface area contributed by atoms with Gasteiger partial charge in [-0.15, -0.1) is 0 Å². The second-order valence-electron chi connectivity index (χ2n) is 18.4. The molecule has 12 nitrogen and oxygen atoms in total. The molecule has 13 heteroatoms. The number of halogens is 1. The molecule has 0 saturated carbocycles. The molecular formula is C56H63ClN6O6. The normalized spacial score (nSPS) is 15.9. The van der Waals surface area contributed by atoms with Gasteiger partial charge in [-0.3, -0.25) is 5.32 Å². The Morgan fingerprint density at radius 1 is 0.623 bits per heavy atom. The molecule has 69 heavy (non-hydrogen) atoms. The number of fused-ring (bicyclic) bond motifs is 2. The minimum Gasteiger partial charge on any atom is -0.474 e. The van der Waals surface area contributed by atoms with Crippen LogP contribution < -0.4 is 30.0 Å². The number of likely N-dealkylation sites (tertiary alicyclic amines) is 2. The summed E-state index contributed by atoms with van der Waals surface area (Å²) in [6.07, 6.45) is 14.2. The zero-order valence-electron chi connectivity index (χ0n) is 40.1. The lowest BCUT2D eigenvalue weighted by molar-refractivity contribution is 0.110. The van der Waals surface area contributed by atoms with E-state index in [4.69, 9.17) is 31.5 Å². The molecule has 2 saturated heterocycles. The molecule has 2 aliphatic carbocycles. The van der Waals surface area contributed by atoms with Crippen molar-refractivity contribution in [1.82, 2.24) is 19.8 Å². The molecule has 2 aromatic heterocycles. The first-order valence-electron chi connectivity index (χ1n) is 24.1. The number of hydrogen-bond acceptors (Lipinski definition) is 11. The quantitative estimate of drug-likeness (QED) is 0.106. The third-order valence-electron chi connectivity index (χ3n) is 13.3. The van der Waals surface area contributed by atoms with Gasteiger partial charge in [-0.2, -0.15) is 0 Å². The van der Waals surface area contributed by atoms with Gasteiger partial charge in [-0.25, -0.2) is 19.6 Å². The van der Waals surface area contributed by atoms with E-state index in [0.29, 0.717) is 23.3 Å². The number of nitrogen functional groups attached to an aromatic ring is 1. The highest BCUT2D eigenvalue weighted by molar-refractivity contribution is 6.61. The Balaban J connectivity index is 0.000000160. The van der Waals surface area contributed by atoms with Crippen molar-refractivity contribution < 1.29 is 28.5 Å². The first-order chi connectivity index (χ1) is 33.5. The highest BCUT2D eigenvalue weighted by atomic mass is 35.5. The predicted octanol–water partition coefficient (Wildman–Crippen LogP) is 11.7. The number of aromatic nitrogens is 2. The van der Waals surface area contributed by atoms with E-state index in [-0.39, 0.29) is 12.2 Å². The molecule has 2 aliphatic heterocycles. The number of nitrogens with two attached hydrogens (primary N) is 1. The summed E-state index contributed by atoms with van der Waals surface area (Å²) in [6.45, 7) is 8.49. The van der Waals surface area contributed by atoms with Crippen LogP contribution in [0.15, 0.2) is 109 Å². The van der Waals surface area contributed by atoms with Crippen molar-refractivity contribution in [3.05, 3.63) is 143 Å². The molecule has 1 amide bonds. The van der Waals surface area contributed by atoms with Crippen molar-refractivity contribution in [2.24, 2.45) is 0 Å². The van der Waals surface area contributed by atoms with Crippen LogP contribution in [0.3, 0.4) is 0 Å². The van der Waals surface area contributed by atoms with Gasteiger partial charge < -0.3 is 34.5 Å². The van der Waals surface area contributed by atoms with E-state index < -0.39 is 11.5 Å². The van der Waals surface area contributed by atoms with Gasteiger partial charge in [0.05, 0.1) is 5.69 Å². The van der Waals surface area contributed by atoms with Gasteiger partial charge in [-0.1, -0.05) is 48.5 Å². The van der Waals surface area contributed by atoms with E-state index >= 15 is 0 Å². The molecule has 10 rings (SSSR count). The number of anilines is 2. The average Bonchev–Trinajstić information content (AvgIpc) is 4.02. The minimum absolute atomic E-state index is 0.179. The second-order valence-corrected chi connectivity index (χ2v) is 18.7. The molecular weight excluding hydrogens is 888 g/mol. The number of ether oxygens (including phenoxy) is 4. The Hall–Kier alpha value is -6.47. The Bertz CT molecular complexity index is 2700. The molecule has 4 aromatic carbocycles. The zero-order chi connectivity index (χ0) is 48.3. The lowest BCUT2D eigenvalue weighted by Gasteiger charge is -2.29. The van der Waals surface area contributed by atoms with E-state index in [1.165, 1.54) is 34.2 Å². The molecule has 3 N–H and O–H groups in total. The summed E-state index contributed by atoms with van der Waals surface area (Å²) in [5.74, 6) is 2.32. The van der Waals surface area contributed by atoms with Gasteiger partial charge in [-0.05, 0) is 173 Å². The van der Waals surface area contributed by atoms with E-state index in [0.717, 1.165) is 123 Å². The maximum absolute atomic E-state index is 12.9. The predicted molar refractivity (Wildman–Crippen MR) is 274 cm³/mol. The van der Waals surface area contributed by atoms with Crippen LogP contribution in [0.5, 0.6) is 23.3 Å². The second kappa shape index (κ2) is 23.2. The van der Waals surface area contributed by atoms with Crippen molar-refractivity contribution in [1.29, 1.82) is 0 Å². The van der Waals surface area contributed by atoms with Crippen molar-refractivity contribution >= 4 is 34.5 Å². The van der Waals surface area contributed by atoms with Gasteiger partial charge in [0.2, 0.25) is 11.8 Å². The summed E-state index contributed by atoms with van der Waals surface area (Å²) in [5.41, 5.74) is 19.4. The van der Waals surface area contributed by atoms with Crippen LogP contribution in [-0.2, 0) is 25.7 Å². The number of amides is 1. The number of para-hydroxylation sites is 2. The molecule has 2 fully saturated rings. The standard InChI is InChI=1S/C28H31N3O3.C21H27N3O.C7H5ClO2/c1-19-17-20-7-6-10-24(20)27(30-28(32)34-22-8-4-3-5-9-22)26(19)21-11-14-29-25(18-21)33-23-12-15-31(2)16-13-23;1-14-12-15-4-3-5-18(15)21(22)20(14)16-6-9-23-19(13-16)25-17-7-10-24(2)11-8-17;8-7(9)10-6-4-2-1-3-5-6/h3-5,8-9,11,14,17-18,23H,6-7,10,12-13,15-16H2,1-2H3,(H,30,32);6,9,12-13,17H,3-5,7-8,10-11,22H2,1-2H3;1-5H. The lowest BCUT2D eigenvalue weighted by Crippen LogP contribution is -2.35. The third kappa shape index (κ3) is 13.0. The van der Waals surface area contributed by atoms with E-state index in [1.54, 1.807) is 42.6 Å². The van der Waals surface area contributed by atoms with Crippen molar-refractivity contribution in [3.63, 3.8) is 0 Å². The molecule has 0 radical (unpaired) electrons. The van der Waals surface area contributed by atoms with Crippen LogP contribution in [0, 0.1) is 13.8 Å². The minimum atomic E-state index is -0.814. The molecule has 0 unspecified atom stereocenters. The van der Waals surface area contributed by atoms with Crippen LogP contribution in [0.2, 0.25) is 0 Å². The first kappa shape index (κ1) is 49.0. The molecule has 0 spiro atoms. The Labute approximate surface area is 411 Å². The number of hydrogen-bond donors (Lipinski definition) is 2. The molecule has 4 heterocycles. The van der Waals surface area contributed by atoms with Crippen LogP contribution in [0.1, 0.15) is 71.9 Å². The van der Waals surface area contributed by atoms with Gasteiger partial charge >= 0.3 is 11.5 Å². The summed E-state index contributed by atoms with van der Waals surface area (Å²) in [7, 11) is 4.30. The first-order valence-corrected chi connectivity index (χ1v) is 24.5. The number of aryl methyl sites for hydroxylation is 4. The average molecular weight is 952 g/mol. The van der Waals surface area contributed by atoms with Crippen LogP contribution in [0.25, 0.3) is 22.3 Å². The monoisotopic (exact) mass is 950 g/mol. The van der Waals surface area contributed by atoms with E-state index in [2.05, 4.69) is 76.0 Å². The third-order valence-corrected chi connectivity index (χ3v) is 13.4. The fraction of sp³-hybridized carbons (Fsp3) is 0.357. The fourth-order valence-electron chi connectivity index (χ4n) is 9.83. The number of benzene rings is 4. The summed E-state index contributed by atoms with van der Waals surface area (Å²) in [4.78, 5) is 36.6. The van der Waals surface area contributed by atoms with Gasteiger partial charge in [0, 0.05) is 79.1 Å². The number of nitrogens with one attached hydrogen (secondary N) is 1. The lowest BCUT2D eigenvalue weighted by atomic mass is 9.93. The van der Waals surface area contributed by atoms with Crippen molar-refractivity contribution in [3.8, 4) is 45.5 Å². The number of carbonyl (C=O) groups is 2.